The molecule has 5 aliphatic rings. The lowest BCUT2D eigenvalue weighted by Crippen LogP contribution is -2.62. The van der Waals surface area contributed by atoms with E-state index < -0.39 is 6.85 Å². The molecule has 2 aliphatic heterocycles. The molecule has 8 aromatic carbocycles. The Labute approximate surface area is 433 Å². The molecule has 0 fully saturated rings. The zero-order valence-electron chi connectivity index (χ0n) is 46.8. The first-order chi connectivity index (χ1) is 35.5. The number of aryl methyl sites for hydroxylation is 1. The normalized spacial score (nSPS) is 19.2. The van der Waals surface area contributed by atoms with Crippen molar-refractivity contribution in [3.05, 3.63) is 203 Å². The van der Waals surface area contributed by atoms with Gasteiger partial charge in [-0.2, -0.15) is 0 Å². The van der Waals surface area contributed by atoms with Crippen LogP contribution in [0.3, 0.4) is 0 Å². The van der Waals surface area contributed by atoms with Crippen molar-refractivity contribution in [1.82, 2.24) is 0 Å². The van der Waals surface area contributed by atoms with Crippen molar-refractivity contribution in [2.45, 2.75) is 129 Å². The fourth-order valence-corrected chi connectivity index (χ4v) is 13.9. The lowest BCUT2D eigenvalue weighted by Gasteiger charge is -2.48. The molecule has 358 valence electrons. The molecule has 0 saturated carbocycles. The van der Waals surface area contributed by atoms with Gasteiger partial charge in [-0.3, -0.25) is 0 Å². The minimum Gasteiger partial charge on any atom is -0.311 e. The summed E-state index contributed by atoms with van der Waals surface area (Å²) in [5.74, 6) is 0. The Balaban J connectivity index is 1.15. The van der Waals surface area contributed by atoms with Gasteiger partial charge < -0.3 is 14.7 Å². The standard InChI is InChI=1S/C68H68BN3/c1-43-36-61-63-62(37-43)72(47-27-30-52-54(39-47)65(4,5)33-32-64(52,2)3)60-42-56-55(66(6,7)34-35-67(56,8)9)41-58(60)69(63)57-31-28-48(70(44-20-14-12-15-21-44)45-22-16-13-17-23-45)40-59(57)71(61)46-26-29-50-49-24-18-19-25-51(49)68(10,11)53(50)38-46/h12-31,36-42H,32-35H2,1-11H3/i1D3. The summed E-state index contributed by atoms with van der Waals surface area (Å²) >= 11 is 0. The maximum absolute atomic E-state index is 9.30. The highest BCUT2D eigenvalue weighted by molar-refractivity contribution is 7.00. The van der Waals surface area contributed by atoms with Gasteiger partial charge in [0.1, 0.15) is 0 Å². The first-order valence-electron chi connectivity index (χ1n) is 28.0. The van der Waals surface area contributed by atoms with Crippen LogP contribution in [0.5, 0.6) is 0 Å². The molecule has 4 heteroatoms. The van der Waals surface area contributed by atoms with Crippen LogP contribution in [0.1, 0.15) is 138 Å². The maximum Gasteiger partial charge on any atom is 0.252 e. The topological polar surface area (TPSA) is 9.72 Å². The molecule has 0 spiro atoms. The van der Waals surface area contributed by atoms with E-state index in [4.69, 9.17) is 0 Å². The van der Waals surface area contributed by atoms with Crippen LogP contribution in [0.15, 0.2) is 164 Å². The van der Waals surface area contributed by atoms with Crippen LogP contribution < -0.4 is 31.1 Å². The zero-order valence-corrected chi connectivity index (χ0v) is 43.8. The number of hydrogen-bond donors (Lipinski definition) is 0. The minimum absolute atomic E-state index is 0.0360. The summed E-state index contributed by atoms with van der Waals surface area (Å²) in [4.78, 5) is 7.24. The fourth-order valence-electron chi connectivity index (χ4n) is 13.9. The summed E-state index contributed by atoms with van der Waals surface area (Å²) in [6.45, 7) is 21.4. The van der Waals surface area contributed by atoms with Gasteiger partial charge in [0.15, 0.2) is 0 Å². The molecule has 0 bridgehead atoms. The van der Waals surface area contributed by atoms with Crippen LogP contribution in [0, 0.1) is 6.85 Å². The molecule has 8 aromatic rings. The second kappa shape index (κ2) is 15.4. The third-order valence-corrected chi connectivity index (χ3v) is 18.2. The lowest BCUT2D eigenvalue weighted by molar-refractivity contribution is 0.332. The van der Waals surface area contributed by atoms with Gasteiger partial charge in [-0.05, 0) is 200 Å². The van der Waals surface area contributed by atoms with Crippen molar-refractivity contribution in [2.24, 2.45) is 0 Å². The first-order valence-corrected chi connectivity index (χ1v) is 26.5. The average Bonchev–Trinajstić information content (AvgIpc) is 3.61. The number of anilines is 9. The lowest BCUT2D eigenvalue weighted by atomic mass is 9.33. The Morgan fingerprint density at radius 3 is 1.51 bits per heavy atom. The van der Waals surface area contributed by atoms with E-state index in [9.17, 15) is 4.11 Å². The van der Waals surface area contributed by atoms with Gasteiger partial charge in [0.05, 0.1) is 0 Å². The Hall–Kier alpha value is -6.78. The molecule has 0 aromatic heterocycles. The third kappa shape index (κ3) is 6.56. The van der Waals surface area contributed by atoms with Crippen molar-refractivity contribution in [2.75, 3.05) is 14.7 Å². The summed E-state index contributed by atoms with van der Waals surface area (Å²) in [7, 11) is 0. The molecule has 13 rings (SSSR count). The summed E-state index contributed by atoms with van der Waals surface area (Å²) in [6, 6.07) is 60.5. The maximum atomic E-state index is 9.30. The van der Waals surface area contributed by atoms with Gasteiger partial charge in [0.2, 0.25) is 0 Å². The molecule has 0 atom stereocenters. The zero-order chi connectivity index (χ0) is 52.4. The van der Waals surface area contributed by atoms with Crippen molar-refractivity contribution in [1.29, 1.82) is 0 Å². The molecule has 0 saturated heterocycles. The largest absolute Gasteiger partial charge is 0.311 e. The first kappa shape index (κ1) is 41.8. The molecule has 0 amide bonds. The van der Waals surface area contributed by atoms with Crippen LogP contribution in [-0.4, -0.2) is 6.71 Å². The summed E-state index contributed by atoms with van der Waals surface area (Å²) < 4.78 is 27.9. The highest BCUT2D eigenvalue weighted by Gasteiger charge is 2.48. The van der Waals surface area contributed by atoms with E-state index >= 15 is 0 Å². The Morgan fingerprint density at radius 1 is 0.403 bits per heavy atom. The van der Waals surface area contributed by atoms with E-state index in [2.05, 4.69) is 236 Å². The van der Waals surface area contributed by atoms with E-state index in [1.165, 1.54) is 55.4 Å². The molecule has 3 aliphatic carbocycles. The molecule has 0 unspecified atom stereocenters. The average molecular weight is 941 g/mol. The number of nitrogens with zero attached hydrogens (tertiary/aromatic N) is 3. The predicted molar refractivity (Wildman–Crippen MR) is 308 cm³/mol. The highest BCUT2D eigenvalue weighted by Crippen LogP contribution is 2.55. The monoisotopic (exact) mass is 941 g/mol. The van der Waals surface area contributed by atoms with Crippen LogP contribution in [0.25, 0.3) is 11.1 Å². The van der Waals surface area contributed by atoms with E-state index in [0.29, 0.717) is 5.56 Å². The molecule has 0 radical (unpaired) electrons. The van der Waals surface area contributed by atoms with Crippen LogP contribution in [0.2, 0.25) is 0 Å². The number of para-hydroxylation sites is 2. The summed E-state index contributed by atoms with van der Waals surface area (Å²) in [6.07, 6.45) is 4.41. The van der Waals surface area contributed by atoms with Crippen LogP contribution in [-0.2, 0) is 27.1 Å². The number of benzene rings is 8. The van der Waals surface area contributed by atoms with Crippen LogP contribution >= 0.6 is 0 Å². The summed E-state index contributed by atoms with van der Waals surface area (Å²) in [5.41, 5.74) is 23.4. The second-order valence-corrected chi connectivity index (χ2v) is 24.9. The third-order valence-electron chi connectivity index (χ3n) is 18.2. The van der Waals surface area contributed by atoms with Crippen molar-refractivity contribution < 1.29 is 4.11 Å². The molecular weight excluding hydrogens is 870 g/mol. The SMILES string of the molecule is [2H]C([2H])([2H])c1cc2c3c(c1)N(c1ccc4c(c1)C(C)(C)CCC4(C)C)c1cc4c(cc1B3c1ccc(N(c3ccccc3)c3ccccc3)cc1N2c1ccc2c(c1)C(C)(C)c1ccccc1-2)C(C)(C)CCC4(C)C. The summed E-state index contributed by atoms with van der Waals surface area (Å²) in [5, 5.41) is 0. The van der Waals surface area contributed by atoms with Crippen molar-refractivity contribution >= 4 is 74.3 Å². The van der Waals surface area contributed by atoms with Crippen LogP contribution in [0.4, 0.5) is 51.2 Å². The van der Waals surface area contributed by atoms with E-state index in [1.54, 1.807) is 0 Å². The molecule has 3 nitrogen and oxygen atoms in total. The number of rotatable bonds is 5. The quantitative estimate of drug-likeness (QED) is 0.159. The van der Waals surface area contributed by atoms with Gasteiger partial charge in [-0.25, -0.2) is 0 Å². The Bertz CT molecular complexity index is 3620. The van der Waals surface area contributed by atoms with E-state index in [-0.39, 0.29) is 33.8 Å². The minimum atomic E-state index is -2.40. The van der Waals surface area contributed by atoms with Gasteiger partial charge in [-0.1, -0.05) is 154 Å². The van der Waals surface area contributed by atoms with Gasteiger partial charge in [0, 0.05) is 60.7 Å². The molecular formula is C68H68BN3. The van der Waals surface area contributed by atoms with Gasteiger partial charge in [0.25, 0.3) is 6.71 Å². The van der Waals surface area contributed by atoms with Gasteiger partial charge in [-0.15, -0.1) is 0 Å². The number of hydrogen-bond acceptors (Lipinski definition) is 3. The van der Waals surface area contributed by atoms with Gasteiger partial charge >= 0.3 is 0 Å². The number of fused-ring (bicyclic) bond motifs is 9. The molecule has 0 N–H and O–H groups in total. The smallest absolute Gasteiger partial charge is 0.252 e. The predicted octanol–water partition coefficient (Wildman–Crippen LogP) is 16.6. The Kier molecular flexibility index (Phi) is 8.93. The molecule has 2 heterocycles. The highest BCUT2D eigenvalue weighted by atomic mass is 15.2. The van der Waals surface area contributed by atoms with Crippen molar-refractivity contribution in [3.8, 4) is 11.1 Å². The fraction of sp³-hybridized carbons (Fsp3) is 0.294. The molecule has 72 heavy (non-hydrogen) atoms. The van der Waals surface area contributed by atoms with E-state index in [0.717, 1.165) is 82.3 Å². The second-order valence-electron chi connectivity index (χ2n) is 24.9. The van der Waals surface area contributed by atoms with Crippen molar-refractivity contribution in [3.63, 3.8) is 0 Å². The Morgan fingerprint density at radius 2 is 0.903 bits per heavy atom. The van der Waals surface area contributed by atoms with E-state index in [1.807, 2.05) is 12.1 Å².